The van der Waals surface area contributed by atoms with E-state index in [2.05, 4.69) is 30.3 Å². The van der Waals surface area contributed by atoms with Crippen LogP contribution in [-0.2, 0) is 0 Å². The van der Waals surface area contributed by atoms with E-state index in [1.807, 2.05) is 37.3 Å². The summed E-state index contributed by atoms with van der Waals surface area (Å²) in [6, 6.07) is 18.5. The van der Waals surface area contributed by atoms with Crippen LogP contribution in [0.15, 0.2) is 60.7 Å². The topological polar surface area (TPSA) is 26.9 Å². The van der Waals surface area contributed by atoms with Crippen LogP contribution in [0.2, 0.25) is 0 Å². The van der Waals surface area contributed by atoms with Crippen LogP contribution in [0.5, 0.6) is 0 Å². The third-order valence-corrected chi connectivity index (χ3v) is 4.74. The first kappa shape index (κ1) is 14.0. The van der Waals surface area contributed by atoms with Crippen molar-refractivity contribution in [1.29, 1.82) is 0 Å². The highest BCUT2D eigenvalue weighted by Crippen LogP contribution is 2.38. The van der Waals surface area contributed by atoms with Crippen LogP contribution in [0.1, 0.15) is 30.7 Å². The van der Waals surface area contributed by atoms with Crippen molar-refractivity contribution in [1.82, 2.24) is 0 Å². The normalized spacial score (nSPS) is 14.2. The van der Waals surface area contributed by atoms with Crippen LogP contribution < -0.4 is 4.73 Å². The highest BCUT2D eigenvalue weighted by molar-refractivity contribution is 6.00. The summed E-state index contributed by atoms with van der Waals surface area (Å²) in [5.41, 5.74) is 4.98. The molecule has 114 valence electrons. The van der Waals surface area contributed by atoms with Gasteiger partial charge in [0.05, 0.1) is 10.9 Å². The molecule has 0 saturated carbocycles. The van der Waals surface area contributed by atoms with Gasteiger partial charge in [-0.3, -0.25) is 0 Å². The van der Waals surface area contributed by atoms with Gasteiger partial charge in [0.25, 0.3) is 0 Å². The number of rotatable bonds is 2. The van der Waals surface area contributed by atoms with Crippen LogP contribution in [0, 0.1) is 12.1 Å². The number of hydrogen-bond acceptors (Lipinski definition) is 1. The summed E-state index contributed by atoms with van der Waals surface area (Å²) in [6.45, 7) is 1.92. The van der Waals surface area contributed by atoms with Crippen molar-refractivity contribution in [3.05, 3.63) is 77.3 Å². The molecule has 0 atom stereocenters. The van der Waals surface area contributed by atoms with Gasteiger partial charge in [0.1, 0.15) is 0 Å². The van der Waals surface area contributed by atoms with Gasteiger partial charge < -0.3 is 5.21 Å². The van der Waals surface area contributed by atoms with E-state index in [0.29, 0.717) is 0 Å². The van der Waals surface area contributed by atoms with Gasteiger partial charge in [0.15, 0.2) is 5.69 Å². The standard InChI is InChI=1S/C21H19NO/c1-15-18-13-7-8-14-19(18)20(16-9-3-2-4-10-16)21(22(15)23)17-11-5-6-12-17/h2-4,7-11,13-14H,5-6,12H2,1H3. The molecule has 1 aliphatic rings. The molecule has 1 aromatic heterocycles. The van der Waals surface area contributed by atoms with E-state index < -0.39 is 0 Å². The minimum absolute atomic E-state index is 0.781. The molecule has 2 heteroatoms. The van der Waals surface area contributed by atoms with Gasteiger partial charge in [-0.1, -0.05) is 54.6 Å². The minimum Gasteiger partial charge on any atom is -0.618 e. The highest BCUT2D eigenvalue weighted by Gasteiger charge is 2.26. The molecule has 3 aromatic rings. The van der Waals surface area contributed by atoms with E-state index in [0.717, 1.165) is 57.3 Å². The molecule has 0 bridgehead atoms. The Morgan fingerprint density at radius 1 is 0.913 bits per heavy atom. The SMILES string of the molecule is Cc1c2ccccc2c(-c2ccccc2)c(C2=CCCC2)[n+]1[O-]. The maximum absolute atomic E-state index is 13.0. The molecule has 23 heavy (non-hydrogen) atoms. The summed E-state index contributed by atoms with van der Waals surface area (Å²) in [4.78, 5) is 0. The zero-order valence-corrected chi connectivity index (χ0v) is 13.3. The van der Waals surface area contributed by atoms with E-state index in [-0.39, 0.29) is 0 Å². The molecule has 0 unspecified atom stereocenters. The molecule has 0 spiro atoms. The smallest absolute Gasteiger partial charge is 0.228 e. The van der Waals surface area contributed by atoms with Crippen molar-refractivity contribution in [2.45, 2.75) is 26.2 Å². The van der Waals surface area contributed by atoms with Crippen LogP contribution >= 0.6 is 0 Å². The Hall–Kier alpha value is -2.61. The fourth-order valence-corrected chi connectivity index (χ4v) is 3.60. The first-order valence-electron chi connectivity index (χ1n) is 8.17. The second-order valence-corrected chi connectivity index (χ2v) is 6.14. The van der Waals surface area contributed by atoms with Gasteiger partial charge in [0.2, 0.25) is 5.69 Å². The van der Waals surface area contributed by atoms with E-state index in [4.69, 9.17) is 0 Å². The van der Waals surface area contributed by atoms with Crippen molar-refractivity contribution >= 4 is 16.3 Å². The summed E-state index contributed by atoms with van der Waals surface area (Å²) < 4.78 is 1.14. The van der Waals surface area contributed by atoms with Gasteiger partial charge in [-0.2, -0.15) is 4.73 Å². The average molecular weight is 301 g/mol. The first-order chi connectivity index (χ1) is 11.3. The van der Waals surface area contributed by atoms with Crippen LogP contribution in [0.25, 0.3) is 27.5 Å². The maximum Gasteiger partial charge on any atom is 0.228 e. The molecule has 1 heterocycles. The van der Waals surface area contributed by atoms with Gasteiger partial charge in [0, 0.05) is 17.9 Å². The predicted octanol–water partition coefficient (Wildman–Crippen LogP) is 5.02. The second kappa shape index (κ2) is 5.54. The molecule has 0 radical (unpaired) electrons. The summed E-state index contributed by atoms with van der Waals surface area (Å²) in [5.74, 6) is 0. The van der Waals surface area contributed by atoms with Gasteiger partial charge >= 0.3 is 0 Å². The number of allylic oxidation sites excluding steroid dienone is 2. The van der Waals surface area contributed by atoms with E-state index in [9.17, 15) is 5.21 Å². The van der Waals surface area contributed by atoms with E-state index in [1.54, 1.807) is 0 Å². The van der Waals surface area contributed by atoms with E-state index >= 15 is 0 Å². The lowest BCUT2D eigenvalue weighted by Gasteiger charge is -2.17. The summed E-state index contributed by atoms with van der Waals surface area (Å²) in [7, 11) is 0. The van der Waals surface area contributed by atoms with Crippen LogP contribution in [0.3, 0.4) is 0 Å². The van der Waals surface area contributed by atoms with E-state index in [1.165, 1.54) is 5.57 Å². The Kier molecular flexibility index (Phi) is 3.38. The lowest BCUT2D eigenvalue weighted by Crippen LogP contribution is -2.36. The first-order valence-corrected chi connectivity index (χ1v) is 8.17. The number of pyridine rings is 1. The third kappa shape index (κ3) is 2.22. The van der Waals surface area contributed by atoms with Gasteiger partial charge in [-0.15, -0.1) is 0 Å². The van der Waals surface area contributed by atoms with Crippen LogP contribution in [-0.4, -0.2) is 0 Å². The lowest BCUT2D eigenvalue weighted by atomic mass is 9.92. The predicted molar refractivity (Wildman–Crippen MR) is 94.9 cm³/mol. The summed E-state index contributed by atoms with van der Waals surface area (Å²) in [6.07, 6.45) is 5.41. The van der Waals surface area contributed by atoms with Crippen molar-refractivity contribution in [3.8, 4) is 11.1 Å². The molecule has 0 aliphatic heterocycles. The number of aromatic nitrogens is 1. The molecule has 4 rings (SSSR count). The molecular weight excluding hydrogens is 282 g/mol. The Balaban J connectivity index is 2.16. The summed E-state index contributed by atoms with van der Waals surface area (Å²) >= 11 is 0. The van der Waals surface area contributed by atoms with Gasteiger partial charge in [-0.05, 0) is 30.9 Å². The Morgan fingerprint density at radius 3 is 2.30 bits per heavy atom. The number of nitrogens with zero attached hydrogens (tertiary/aromatic N) is 1. The molecular formula is C21H19NO. The number of hydrogen-bond donors (Lipinski definition) is 0. The molecule has 0 fully saturated rings. The van der Waals surface area contributed by atoms with Crippen molar-refractivity contribution in [2.75, 3.05) is 0 Å². The zero-order valence-electron chi connectivity index (χ0n) is 13.3. The molecule has 2 aromatic carbocycles. The van der Waals surface area contributed by atoms with Crippen molar-refractivity contribution < 1.29 is 4.73 Å². The second-order valence-electron chi connectivity index (χ2n) is 6.14. The molecule has 0 saturated heterocycles. The molecule has 0 amide bonds. The molecule has 1 aliphatic carbocycles. The Bertz CT molecular complexity index is 910. The number of fused-ring (bicyclic) bond motifs is 1. The number of aryl methyl sites for hydroxylation is 1. The van der Waals surface area contributed by atoms with Crippen LogP contribution in [0.4, 0.5) is 0 Å². The highest BCUT2D eigenvalue weighted by atomic mass is 16.5. The Morgan fingerprint density at radius 2 is 1.61 bits per heavy atom. The minimum atomic E-state index is 0.781. The van der Waals surface area contributed by atoms with Gasteiger partial charge in [-0.25, -0.2) is 0 Å². The average Bonchev–Trinajstić information content (AvgIpc) is 3.13. The lowest BCUT2D eigenvalue weighted by molar-refractivity contribution is -0.612. The molecule has 0 N–H and O–H groups in total. The van der Waals surface area contributed by atoms with Crippen molar-refractivity contribution in [3.63, 3.8) is 0 Å². The summed E-state index contributed by atoms with van der Waals surface area (Å²) in [5, 5.41) is 15.2. The molecule has 2 nitrogen and oxygen atoms in total. The Labute approximate surface area is 136 Å². The fraction of sp³-hybridized carbons (Fsp3) is 0.190. The number of benzene rings is 2. The maximum atomic E-state index is 13.0. The quantitative estimate of drug-likeness (QED) is 0.482. The largest absolute Gasteiger partial charge is 0.618 e. The van der Waals surface area contributed by atoms with Crippen molar-refractivity contribution in [2.24, 2.45) is 0 Å². The zero-order chi connectivity index (χ0) is 15.8. The fourth-order valence-electron chi connectivity index (χ4n) is 3.60. The third-order valence-electron chi connectivity index (χ3n) is 4.74. The monoisotopic (exact) mass is 301 g/mol.